The molecular weight excluding hydrogens is 223 g/mol. The van der Waals surface area contributed by atoms with Crippen molar-refractivity contribution in [2.24, 2.45) is 5.73 Å². The van der Waals surface area contributed by atoms with Crippen LogP contribution in [0.5, 0.6) is 0 Å². The lowest BCUT2D eigenvalue weighted by molar-refractivity contribution is 0.1000. The number of hydrogen-bond acceptors (Lipinski definition) is 3. The number of carbonyl (C=O) groups excluding carboxylic acids is 1. The van der Waals surface area contributed by atoms with Crippen LogP contribution >= 0.6 is 0 Å². The van der Waals surface area contributed by atoms with Gasteiger partial charge in [-0.25, -0.2) is 4.39 Å². The fourth-order valence-electron chi connectivity index (χ4n) is 1.49. The van der Waals surface area contributed by atoms with Crippen LogP contribution in [0.2, 0.25) is 0 Å². The van der Waals surface area contributed by atoms with Crippen molar-refractivity contribution in [3.05, 3.63) is 47.5 Å². The molecular formula is C11H11FN4O. The van der Waals surface area contributed by atoms with Crippen LogP contribution < -0.4 is 11.5 Å². The summed E-state index contributed by atoms with van der Waals surface area (Å²) in [5, 5.41) is 3.94. The van der Waals surface area contributed by atoms with Gasteiger partial charge in [0.05, 0.1) is 18.4 Å². The number of nitrogens with zero attached hydrogens (tertiary/aromatic N) is 2. The van der Waals surface area contributed by atoms with Crippen LogP contribution in [0, 0.1) is 5.82 Å². The Bertz CT molecular complexity index is 564. The number of carbonyl (C=O) groups is 1. The Hall–Kier alpha value is -2.37. The lowest BCUT2D eigenvalue weighted by Crippen LogP contribution is -2.12. The van der Waals surface area contributed by atoms with Crippen LogP contribution in [0.15, 0.2) is 30.6 Å². The molecule has 5 nitrogen and oxygen atoms in total. The van der Waals surface area contributed by atoms with Gasteiger partial charge in [-0.05, 0) is 18.2 Å². The summed E-state index contributed by atoms with van der Waals surface area (Å²) in [6, 6.07) is 3.97. The molecule has 0 unspecified atom stereocenters. The molecule has 0 aliphatic rings. The number of nitrogen functional groups attached to an aromatic ring is 1. The minimum Gasteiger partial charge on any atom is -0.396 e. The summed E-state index contributed by atoms with van der Waals surface area (Å²) in [4.78, 5) is 11.0. The molecule has 1 aromatic carbocycles. The Balaban J connectivity index is 2.31. The molecule has 6 heteroatoms. The normalized spacial score (nSPS) is 10.4. The lowest BCUT2D eigenvalue weighted by atomic mass is 10.1. The van der Waals surface area contributed by atoms with E-state index in [9.17, 15) is 9.18 Å². The number of hydrogen-bond donors (Lipinski definition) is 2. The van der Waals surface area contributed by atoms with E-state index < -0.39 is 11.7 Å². The fourth-order valence-corrected chi connectivity index (χ4v) is 1.49. The number of amides is 1. The maximum Gasteiger partial charge on any atom is 0.248 e. The maximum atomic E-state index is 13.5. The van der Waals surface area contributed by atoms with Gasteiger partial charge < -0.3 is 11.5 Å². The van der Waals surface area contributed by atoms with Gasteiger partial charge in [-0.2, -0.15) is 5.10 Å². The first-order chi connectivity index (χ1) is 8.06. The molecule has 4 N–H and O–H groups in total. The van der Waals surface area contributed by atoms with Gasteiger partial charge in [0.25, 0.3) is 0 Å². The van der Waals surface area contributed by atoms with E-state index in [0.29, 0.717) is 11.3 Å². The van der Waals surface area contributed by atoms with Gasteiger partial charge in [0.15, 0.2) is 0 Å². The second kappa shape index (κ2) is 4.25. The number of nitrogens with two attached hydrogens (primary N) is 2. The molecule has 1 amide bonds. The highest BCUT2D eigenvalue weighted by Crippen LogP contribution is 2.12. The molecule has 0 radical (unpaired) electrons. The van der Waals surface area contributed by atoms with Gasteiger partial charge in [0.1, 0.15) is 5.82 Å². The van der Waals surface area contributed by atoms with Crippen molar-refractivity contribution in [1.29, 1.82) is 0 Å². The van der Waals surface area contributed by atoms with Crippen molar-refractivity contribution in [2.45, 2.75) is 6.54 Å². The van der Waals surface area contributed by atoms with Gasteiger partial charge >= 0.3 is 0 Å². The third-order valence-electron chi connectivity index (χ3n) is 2.32. The molecule has 17 heavy (non-hydrogen) atoms. The largest absolute Gasteiger partial charge is 0.396 e. The molecule has 1 heterocycles. The van der Waals surface area contributed by atoms with Gasteiger partial charge in [-0.3, -0.25) is 9.48 Å². The van der Waals surface area contributed by atoms with E-state index in [2.05, 4.69) is 5.10 Å². The smallest absolute Gasteiger partial charge is 0.248 e. The zero-order valence-corrected chi connectivity index (χ0v) is 8.93. The lowest BCUT2D eigenvalue weighted by Gasteiger charge is -2.05. The summed E-state index contributed by atoms with van der Waals surface area (Å²) in [6.07, 6.45) is 3.05. The van der Waals surface area contributed by atoms with E-state index in [1.165, 1.54) is 29.1 Å². The van der Waals surface area contributed by atoms with E-state index in [0.717, 1.165) is 0 Å². The first-order valence-electron chi connectivity index (χ1n) is 4.92. The monoisotopic (exact) mass is 234 g/mol. The molecule has 1 aromatic heterocycles. The topological polar surface area (TPSA) is 86.9 Å². The SMILES string of the molecule is NC(=O)c1ccc(F)c(Cn2cc(N)cn2)c1. The number of rotatable bonds is 3. The highest BCUT2D eigenvalue weighted by atomic mass is 19.1. The van der Waals surface area contributed by atoms with Crippen molar-refractivity contribution in [1.82, 2.24) is 9.78 Å². The molecule has 0 aliphatic heterocycles. The minimum atomic E-state index is -0.591. The highest BCUT2D eigenvalue weighted by Gasteiger charge is 2.08. The first-order valence-corrected chi connectivity index (χ1v) is 4.92. The Labute approximate surface area is 96.8 Å². The summed E-state index contributed by atoms with van der Waals surface area (Å²) in [5.41, 5.74) is 11.7. The first kappa shape index (κ1) is 11.1. The summed E-state index contributed by atoms with van der Waals surface area (Å²) < 4.78 is 15.0. The van der Waals surface area contributed by atoms with Crippen LogP contribution in [-0.2, 0) is 6.54 Å². The fraction of sp³-hybridized carbons (Fsp3) is 0.0909. The molecule has 0 fully saturated rings. The zero-order chi connectivity index (χ0) is 12.4. The maximum absolute atomic E-state index is 13.5. The molecule has 2 rings (SSSR count). The third kappa shape index (κ3) is 2.41. The number of aromatic nitrogens is 2. The molecule has 0 saturated carbocycles. The van der Waals surface area contributed by atoms with Crippen LogP contribution in [0.25, 0.3) is 0 Å². The van der Waals surface area contributed by atoms with Crippen molar-refractivity contribution >= 4 is 11.6 Å². The van der Waals surface area contributed by atoms with Gasteiger partial charge in [-0.15, -0.1) is 0 Å². The second-order valence-corrected chi connectivity index (χ2v) is 3.64. The van der Waals surface area contributed by atoms with E-state index >= 15 is 0 Å². The Kier molecular flexibility index (Phi) is 2.78. The highest BCUT2D eigenvalue weighted by molar-refractivity contribution is 5.92. The van der Waals surface area contributed by atoms with Gasteiger partial charge in [0, 0.05) is 17.3 Å². The van der Waals surface area contributed by atoms with E-state index in [4.69, 9.17) is 11.5 Å². The quantitative estimate of drug-likeness (QED) is 0.821. The summed E-state index contributed by atoms with van der Waals surface area (Å²) in [7, 11) is 0. The summed E-state index contributed by atoms with van der Waals surface area (Å²) in [5.74, 6) is -1.00. The Morgan fingerprint density at radius 2 is 2.24 bits per heavy atom. The molecule has 88 valence electrons. The average molecular weight is 234 g/mol. The predicted octanol–water partition coefficient (Wildman–Crippen LogP) is 0.752. The van der Waals surface area contributed by atoms with Crippen molar-refractivity contribution in [2.75, 3.05) is 5.73 Å². The van der Waals surface area contributed by atoms with Crippen LogP contribution in [-0.4, -0.2) is 15.7 Å². The number of halogens is 1. The molecule has 0 aliphatic carbocycles. The second-order valence-electron chi connectivity index (χ2n) is 3.64. The summed E-state index contributed by atoms with van der Waals surface area (Å²) >= 11 is 0. The van der Waals surface area contributed by atoms with Crippen molar-refractivity contribution in [3.63, 3.8) is 0 Å². The van der Waals surface area contributed by atoms with Crippen LogP contribution in [0.3, 0.4) is 0 Å². The van der Waals surface area contributed by atoms with E-state index in [1.54, 1.807) is 6.20 Å². The van der Waals surface area contributed by atoms with Crippen LogP contribution in [0.4, 0.5) is 10.1 Å². The van der Waals surface area contributed by atoms with Crippen molar-refractivity contribution < 1.29 is 9.18 Å². The minimum absolute atomic E-state index is 0.199. The average Bonchev–Trinajstić information content (AvgIpc) is 2.67. The Morgan fingerprint density at radius 3 is 2.82 bits per heavy atom. The number of benzene rings is 1. The van der Waals surface area contributed by atoms with E-state index in [-0.39, 0.29) is 12.1 Å². The van der Waals surface area contributed by atoms with Crippen molar-refractivity contribution in [3.8, 4) is 0 Å². The molecule has 0 atom stereocenters. The van der Waals surface area contributed by atoms with Crippen LogP contribution in [0.1, 0.15) is 15.9 Å². The van der Waals surface area contributed by atoms with Gasteiger partial charge in [-0.1, -0.05) is 0 Å². The molecule has 0 spiro atoms. The molecule has 0 bridgehead atoms. The predicted molar refractivity (Wildman–Crippen MR) is 60.7 cm³/mol. The summed E-state index contributed by atoms with van der Waals surface area (Å²) in [6.45, 7) is 0.199. The molecule has 2 aromatic rings. The third-order valence-corrected chi connectivity index (χ3v) is 2.32. The van der Waals surface area contributed by atoms with E-state index in [1.807, 2.05) is 0 Å². The Morgan fingerprint density at radius 1 is 1.47 bits per heavy atom. The zero-order valence-electron chi connectivity index (χ0n) is 8.93. The van der Waals surface area contributed by atoms with Gasteiger partial charge in [0.2, 0.25) is 5.91 Å². The number of primary amides is 1. The number of anilines is 1. The standard InChI is InChI=1S/C11H11FN4O/c12-10-2-1-7(11(14)17)3-8(10)5-16-6-9(13)4-15-16/h1-4,6H,5,13H2,(H2,14,17). The molecule has 0 saturated heterocycles.